The smallest absolute Gasteiger partial charge is 0.294 e. The predicted molar refractivity (Wildman–Crippen MR) is 70.7 cm³/mol. The van der Waals surface area contributed by atoms with Crippen molar-refractivity contribution in [3.05, 3.63) is 52.6 Å². The Bertz CT molecular complexity index is 662. The summed E-state index contributed by atoms with van der Waals surface area (Å²) in [5, 5.41) is 14.0. The number of hydrogen-bond donors (Lipinski definition) is 1. The van der Waals surface area contributed by atoms with E-state index in [1.165, 1.54) is 18.6 Å². The highest BCUT2D eigenvalue weighted by molar-refractivity contribution is 5.95. The fourth-order valence-electron chi connectivity index (χ4n) is 1.93. The topological polar surface area (TPSA) is 90.1 Å². The van der Waals surface area contributed by atoms with Gasteiger partial charge in [0.05, 0.1) is 11.3 Å². The van der Waals surface area contributed by atoms with Crippen molar-refractivity contribution < 1.29 is 9.72 Å². The standard InChI is InChI=1S/C13H12N4O3/c18-13(15-10-2-3-10)9-1-4-11(12(7-9)17(19)20)16-6-5-14-8-16/h1,4-8,10H,2-3H2,(H,15,18). The second-order valence-electron chi connectivity index (χ2n) is 4.68. The van der Waals surface area contributed by atoms with Crippen LogP contribution in [0.5, 0.6) is 0 Å². The molecule has 1 aliphatic rings. The van der Waals surface area contributed by atoms with Crippen molar-refractivity contribution in [3.63, 3.8) is 0 Å². The molecule has 0 saturated heterocycles. The zero-order valence-corrected chi connectivity index (χ0v) is 10.5. The van der Waals surface area contributed by atoms with Crippen molar-refractivity contribution in [2.75, 3.05) is 0 Å². The fraction of sp³-hybridized carbons (Fsp3) is 0.231. The number of benzene rings is 1. The van der Waals surface area contributed by atoms with Crippen molar-refractivity contribution in [3.8, 4) is 5.69 Å². The van der Waals surface area contributed by atoms with E-state index in [9.17, 15) is 14.9 Å². The first-order valence-corrected chi connectivity index (χ1v) is 6.23. The van der Waals surface area contributed by atoms with Crippen LogP contribution in [-0.4, -0.2) is 26.4 Å². The minimum atomic E-state index is -0.497. The molecular formula is C13H12N4O3. The molecule has 0 unspecified atom stereocenters. The van der Waals surface area contributed by atoms with Crippen molar-refractivity contribution in [2.45, 2.75) is 18.9 Å². The molecule has 102 valence electrons. The normalized spacial score (nSPS) is 14.0. The fourth-order valence-corrected chi connectivity index (χ4v) is 1.93. The van der Waals surface area contributed by atoms with Gasteiger partial charge in [-0.3, -0.25) is 14.9 Å². The lowest BCUT2D eigenvalue weighted by atomic mass is 10.1. The Morgan fingerprint density at radius 3 is 2.85 bits per heavy atom. The van der Waals surface area contributed by atoms with Crippen LogP contribution in [0.25, 0.3) is 5.69 Å². The summed E-state index contributed by atoms with van der Waals surface area (Å²) in [4.78, 5) is 26.4. The number of imidazole rings is 1. The summed E-state index contributed by atoms with van der Waals surface area (Å²) in [6.45, 7) is 0. The Morgan fingerprint density at radius 1 is 1.45 bits per heavy atom. The van der Waals surface area contributed by atoms with Gasteiger partial charge < -0.3 is 9.88 Å². The Kier molecular flexibility index (Phi) is 2.94. The highest BCUT2D eigenvalue weighted by Crippen LogP contribution is 2.25. The largest absolute Gasteiger partial charge is 0.349 e. The summed E-state index contributed by atoms with van der Waals surface area (Å²) in [7, 11) is 0. The van der Waals surface area contributed by atoms with Crippen LogP contribution < -0.4 is 5.32 Å². The molecule has 3 rings (SSSR count). The molecule has 1 aliphatic carbocycles. The molecule has 0 radical (unpaired) electrons. The number of hydrogen-bond acceptors (Lipinski definition) is 4. The number of nitrogens with zero attached hydrogens (tertiary/aromatic N) is 3. The molecule has 1 aromatic heterocycles. The third-order valence-electron chi connectivity index (χ3n) is 3.13. The second-order valence-corrected chi connectivity index (χ2v) is 4.68. The number of carbonyl (C=O) groups excluding carboxylic acids is 1. The summed E-state index contributed by atoms with van der Waals surface area (Å²) in [5.74, 6) is -0.271. The lowest BCUT2D eigenvalue weighted by Gasteiger charge is -2.07. The minimum Gasteiger partial charge on any atom is -0.349 e. The average Bonchev–Trinajstić information content (AvgIpc) is 3.08. The van der Waals surface area contributed by atoms with Gasteiger partial charge in [-0.15, -0.1) is 0 Å². The number of amides is 1. The van der Waals surface area contributed by atoms with Crippen molar-refractivity contribution >= 4 is 11.6 Å². The van der Waals surface area contributed by atoms with Gasteiger partial charge in [0, 0.05) is 30.1 Å². The summed E-state index contributed by atoms with van der Waals surface area (Å²) in [6.07, 6.45) is 6.58. The van der Waals surface area contributed by atoms with Crippen LogP contribution >= 0.6 is 0 Å². The lowest BCUT2D eigenvalue weighted by Crippen LogP contribution is -2.25. The quantitative estimate of drug-likeness (QED) is 0.677. The van der Waals surface area contributed by atoms with E-state index in [0.717, 1.165) is 12.8 Å². The lowest BCUT2D eigenvalue weighted by molar-refractivity contribution is -0.384. The Morgan fingerprint density at radius 2 is 2.25 bits per heavy atom. The summed E-state index contributed by atoms with van der Waals surface area (Å²) < 4.78 is 1.54. The molecule has 20 heavy (non-hydrogen) atoms. The first-order chi connectivity index (χ1) is 9.65. The monoisotopic (exact) mass is 272 g/mol. The zero-order chi connectivity index (χ0) is 14.1. The van der Waals surface area contributed by atoms with Crippen molar-refractivity contribution in [1.82, 2.24) is 14.9 Å². The number of nitro benzene ring substituents is 1. The molecule has 0 bridgehead atoms. The summed E-state index contributed by atoms with van der Waals surface area (Å²) in [5.41, 5.74) is 0.564. The van der Waals surface area contributed by atoms with Gasteiger partial charge >= 0.3 is 0 Å². The van der Waals surface area contributed by atoms with Crippen molar-refractivity contribution in [2.24, 2.45) is 0 Å². The minimum absolute atomic E-state index is 0.119. The van der Waals surface area contributed by atoms with E-state index < -0.39 is 4.92 Å². The van der Waals surface area contributed by atoms with Crippen LogP contribution in [0.4, 0.5) is 5.69 Å². The van der Waals surface area contributed by atoms with Crippen LogP contribution in [-0.2, 0) is 0 Å². The van der Waals surface area contributed by atoms with Crippen molar-refractivity contribution in [1.29, 1.82) is 0 Å². The molecule has 1 aromatic carbocycles. The highest BCUT2D eigenvalue weighted by atomic mass is 16.6. The maximum absolute atomic E-state index is 11.9. The van der Waals surface area contributed by atoms with E-state index in [-0.39, 0.29) is 17.6 Å². The maximum Gasteiger partial charge on any atom is 0.294 e. The Labute approximate surface area is 114 Å². The summed E-state index contributed by atoms with van der Waals surface area (Å²) in [6, 6.07) is 4.66. The van der Waals surface area contributed by atoms with Crippen LogP contribution in [0.3, 0.4) is 0 Å². The van der Waals surface area contributed by atoms with Gasteiger partial charge in [-0.05, 0) is 25.0 Å². The molecule has 0 spiro atoms. The first kappa shape index (κ1) is 12.3. The van der Waals surface area contributed by atoms with E-state index in [2.05, 4.69) is 10.3 Å². The van der Waals surface area contributed by atoms with Crippen LogP contribution in [0.15, 0.2) is 36.9 Å². The van der Waals surface area contributed by atoms with Gasteiger partial charge in [-0.25, -0.2) is 4.98 Å². The van der Waals surface area contributed by atoms with Gasteiger partial charge in [0.25, 0.3) is 11.6 Å². The molecule has 1 fully saturated rings. The molecule has 7 heteroatoms. The molecule has 2 aromatic rings. The summed E-state index contributed by atoms with van der Waals surface area (Å²) >= 11 is 0. The van der Waals surface area contributed by atoms with E-state index in [1.54, 1.807) is 22.9 Å². The van der Waals surface area contributed by atoms with Gasteiger partial charge in [0.1, 0.15) is 5.69 Å². The molecule has 0 aliphatic heterocycles. The number of nitrogens with one attached hydrogen (secondary N) is 1. The highest BCUT2D eigenvalue weighted by Gasteiger charge is 2.25. The second kappa shape index (κ2) is 4.76. The maximum atomic E-state index is 11.9. The van der Waals surface area contributed by atoms with Crippen LogP contribution in [0, 0.1) is 10.1 Å². The van der Waals surface area contributed by atoms with E-state index >= 15 is 0 Å². The van der Waals surface area contributed by atoms with Gasteiger partial charge in [0.15, 0.2) is 0 Å². The Hall–Kier alpha value is -2.70. The number of aromatic nitrogens is 2. The number of rotatable bonds is 4. The molecule has 1 heterocycles. The van der Waals surface area contributed by atoms with Gasteiger partial charge in [-0.2, -0.15) is 0 Å². The molecule has 7 nitrogen and oxygen atoms in total. The average molecular weight is 272 g/mol. The Balaban J connectivity index is 1.97. The molecule has 0 atom stereocenters. The molecule has 1 amide bonds. The van der Waals surface area contributed by atoms with E-state index in [1.807, 2.05) is 0 Å². The van der Waals surface area contributed by atoms with Crippen LogP contribution in [0.2, 0.25) is 0 Å². The predicted octanol–water partition coefficient (Wildman–Crippen LogP) is 1.67. The number of carbonyl (C=O) groups is 1. The first-order valence-electron chi connectivity index (χ1n) is 6.23. The number of nitro groups is 1. The SMILES string of the molecule is O=C(NC1CC1)c1ccc(-n2ccnc2)c([N+](=O)[O-])c1. The zero-order valence-electron chi connectivity index (χ0n) is 10.5. The molecular weight excluding hydrogens is 260 g/mol. The third-order valence-corrected chi connectivity index (χ3v) is 3.13. The van der Waals surface area contributed by atoms with E-state index in [4.69, 9.17) is 0 Å². The van der Waals surface area contributed by atoms with Gasteiger partial charge in [-0.1, -0.05) is 0 Å². The van der Waals surface area contributed by atoms with E-state index in [0.29, 0.717) is 11.3 Å². The van der Waals surface area contributed by atoms with Gasteiger partial charge in [0.2, 0.25) is 0 Å². The third kappa shape index (κ3) is 2.37. The molecule has 1 saturated carbocycles. The molecule has 1 N–H and O–H groups in total. The van der Waals surface area contributed by atoms with Crippen LogP contribution in [0.1, 0.15) is 23.2 Å².